The lowest BCUT2D eigenvalue weighted by Gasteiger charge is -2.10. The van der Waals surface area contributed by atoms with Gasteiger partial charge in [0.25, 0.3) is 0 Å². The number of ether oxygens (including phenoxy) is 1. The number of hydrogen-bond donors (Lipinski definition) is 1. The zero-order valence-corrected chi connectivity index (χ0v) is 8.66. The van der Waals surface area contributed by atoms with E-state index in [2.05, 4.69) is 9.72 Å². The van der Waals surface area contributed by atoms with Crippen molar-refractivity contribution >= 4 is 5.97 Å². The molecule has 0 amide bonds. The molecule has 0 spiro atoms. The van der Waals surface area contributed by atoms with Crippen molar-refractivity contribution in [3.8, 4) is 0 Å². The van der Waals surface area contributed by atoms with Crippen LogP contribution in [0.5, 0.6) is 0 Å². The van der Waals surface area contributed by atoms with Crippen molar-refractivity contribution in [1.29, 1.82) is 0 Å². The third-order valence-corrected chi connectivity index (χ3v) is 2.13. The minimum Gasteiger partial charge on any atom is -0.468 e. The molecule has 0 aromatic carbocycles. The van der Waals surface area contributed by atoms with Gasteiger partial charge in [-0.25, -0.2) is 4.98 Å². The number of hydrogen-bond acceptors (Lipinski definition) is 4. The second-order valence-electron chi connectivity index (χ2n) is 3.27. The van der Waals surface area contributed by atoms with Crippen LogP contribution in [0.4, 0.5) is 4.39 Å². The molecule has 0 fully saturated rings. The van der Waals surface area contributed by atoms with Crippen LogP contribution in [0.3, 0.4) is 0 Å². The zero-order valence-electron chi connectivity index (χ0n) is 8.66. The van der Waals surface area contributed by atoms with Crippen LogP contribution in [0, 0.1) is 12.9 Å². The molecule has 82 valence electrons. The van der Waals surface area contributed by atoms with Gasteiger partial charge < -0.3 is 10.5 Å². The van der Waals surface area contributed by atoms with Crippen LogP contribution in [0.25, 0.3) is 0 Å². The van der Waals surface area contributed by atoms with Crippen molar-refractivity contribution in [1.82, 2.24) is 4.98 Å². The van der Waals surface area contributed by atoms with Gasteiger partial charge in [-0.2, -0.15) is 4.39 Å². The number of aryl methyl sites for hydroxylation is 1. The molecule has 15 heavy (non-hydrogen) atoms. The van der Waals surface area contributed by atoms with E-state index in [1.165, 1.54) is 19.4 Å². The first kappa shape index (κ1) is 11.6. The van der Waals surface area contributed by atoms with Crippen molar-refractivity contribution in [3.05, 3.63) is 29.3 Å². The van der Waals surface area contributed by atoms with E-state index in [4.69, 9.17) is 5.73 Å². The Labute approximate surface area is 87.3 Å². The molecule has 1 aromatic rings. The number of methoxy groups -OCH3 is 1. The molecule has 1 heterocycles. The number of carbonyl (C=O) groups is 1. The maximum atomic E-state index is 12.7. The van der Waals surface area contributed by atoms with E-state index in [0.717, 1.165) is 11.1 Å². The first-order chi connectivity index (χ1) is 7.04. The minimum absolute atomic E-state index is 0.297. The average molecular weight is 212 g/mol. The van der Waals surface area contributed by atoms with Crippen LogP contribution in [-0.4, -0.2) is 24.1 Å². The molecule has 0 bridgehead atoms. The van der Waals surface area contributed by atoms with E-state index in [0.29, 0.717) is 6.42 Å². The van der Waals surface area contributed by atoms with Crippen molar-refractivity contribution in [2.75, 3.05) is 7.11 Å². The fourth-order valence-electron chi connectivity index (χ4n) is 1.24. The monoisotopic (exact) mass is 212 g/mol. The predicted octanol–water partition coefficient (Wildman–Crippen LogP) is 0.572. The molecule has 0 saturated carbocycles. The molecule has 0 unspecified atom stereocenters. The molecule has 1 atom stereocenters. The van der Waals surface area contributed by atoms with E-state index >= 15 is 0 Å². The summed E-state index contributed by atoms with van der Waals surface area (Å²) in [5, 5.41) is 0. The third kappa shape index (κ3) is 2.99. The average Bonchev–Trinajstić information content (AvgIpc) is 2.20. The normalized spacial score (nSPS) is 12.3. The second-order valence-corrected chi connectivity index (χ2v) is 3.27. The molecule has 0 aliphatic heterocycles. The highest BCUT2D eigenvalue weighted by atomic mass is 19.1. The van der Waals surface area contributed by atoms with E-state index < -0.39 is 18.0 Å². The Hall–Kier alpha value is -1.49. The quantitative estimate of drug-likeness (QED) is 0.587. The molecule has 4 nitrogen and oxygen atoms in total. The number of nitrogens with two attached hydrogens (primary N) is 1. The van der Waals surface area contributed by atoms with E-state index in [1.54, 1.807) is 6.92 Å². The zero-order chi connectivity index (χ0) is 11.4. The lowest BCUT2D eigenvalue weighted by atomic mass is 10.0. The molecule has 0 aliphatic carbocycles. The van der Waals surface area contributed by atoms with Gasteiger partial charge in [0.05, 0.1) is 7.11 Å². The lowest BCUT2D eigenvalue weighted by Crippen LogP contribution is -2.33. The summed E-state index contributed by atoms with van der Waals surface area (Å²) >= 11 is 0. The van der Waals surface area contributed by atoms with Gasteiger partial charge in [-0.1, -0.05) is 0 Å². The van der Waals surface area contributed by atoms with Crippen molar-refractivity contribution in [2.45, 2.75) is 19.4 Å². The molecular weight excluding hydrogens is 199 g/mol. The summed E-state index contributed by atoms with van der Waals surface area (Å²) in [5.74, 6) is -1.03. The Balaban J connectivity index is 2.76. The number of esters is 1. The summed E-state index contributed by atoms with van der Waals surface area (Å²) in [7, 11) is 1.28. The van der Waals surface area contributed by atoms with Gasteiger partial charge >= 0.3 is 5.97 Å². The first-order valence-electron chi connectivity index (χ1n) is 4.49. The molecule has 0 saturated heterocycles. The van der Waals surface area contributed by atoms with Crippen molar-refractivity contribution in [2.24, 2.45) is 5.73 Å². The molecule has 2 N–H and O–H groups in total. The largest absolute Gasteiger partial charge is 0.468 e. The minimum atomic E-state index is -0.735. The number of rotatable bonds is 3. The van der Waals surface area contributed by atoms with E-state index in [-0.39, 0.29) is 0 Å². The van der Waals surface area contributed by atoms with Gasteiger partial charge in [0, 0.05) is 12.6 Å². The summed E-state index contributed by atoms with van der Waals surface area (Å²) in [6, 6.07) is 0.570. The fourth-order valence-corrected chi connectivity index (χ4v) is 1.24. The highest BCUT2D eigenvalue weighted by molar-refractivity contribution is 5.75. The number of nitrogens with zero attached hydrogens (tertiary/aromatic N) is 1. The van der Waals surface area contributed by atoms with Crippen LogP contribution in [-0.2, 0) is 16.0 Å². The van der Waals surface area contributed by atoms with Gasteiger partial charge in [-0.3, -0.25) is 4.79 Å². The van der Waals surface area contributed by atoms with Gasteiger partial charge in [0.15, 0.2) is 0 Å². The van der Waals surface area contributed by atoms with Crippen LogP contribution in [0.1, 0.15) is 11.1 Å². The smallest absolute Gasteiger partial charge is 0.322 e. The van der Waals surface area contributed by atoms with Crippen LogP contribution in [0.2, 0.25) is 0 Å². The number of halogens is 1. The van der Waals surface area contributed by atoms with Crippen LogP contribution < -0.4 is 5.73 Å². The van der Waals surface area contributed by atoms with Gasteiger partial charge in [0.2, 0.25) is 5.95 Å². The first-order valence-corrected chi connectivity index (χ1v) is 4.49. The van der Waals surface area contributed by atoms with Crippen LogP contribution in [0.15, 0.2) is 12.3 Å². The summed E-state index contributed by atoms with van der Waals surface area (Å²) in [6.07, 6.45) is 1.68. The molecule has 0 aliphatic rings. The van der Waals surface area contributed by atoms with Gasteiger partial charge in [-0.15, -0.1) is 0 Å². The Bertz CT molecular complexity index is 368. The maximum Gasteiger partial charge on any atom is 0.322 e. The highest BCUT2D eigenvalue weighted by Crippen LogP contribution is 2.09. The molecule has 0 radical (unpaired) electrons. The lowest BCUT2D eigenvalue weighted by molar-refractivity contribution is -0.142. The summed E-state index contributed by atoms with van der Waals surface area (Å²) in [5.41, 5.74) is 7.04. The number of aromatic nitrogens is 1. The maximum absolute atomic E-state index is 12.7. The Morgan fingerprint density at radius 1 is 1.73 bits per heavy atom. The van der Waals surface area contributed by atoms with Gasteiger partial charge in [-0.05, 0) is 24.1 Å². The number of pyridine rings is 1. The summed E-state index contributed by atoms with van der Waals surface area (Å²) in [6.45, 7) is 1.74. The SMILES string of the molecule is COC(=O)[C@@H](N)Cc1cnc(F)cc1C. The third-order valence-electron chi connectivity index (χ3n) is 2.13. The van der Waals surface area contributed by atoms with E-state index in [1.807, 2.05) is 0 Å². The second kappa shape index (κ2) is 4.84. The summed E-state index contributed by atoms with van der Waals surface area (Å²) < 4.78 is 17.2. The van der Waals surface area contributed by atoms with Crippen molar-refractivity contribution < 1.29 is 13.9 Å². The molecule has 1 rings (SSSR count). The van der Waals surface area contributed by atoms with Crippen molar-refractivity contribution in [3.63, 3.8) is 0 Å². The molecule has 5 heteroatoms. The predicted molar refractivity (Wildman–Crippen MR) is 52.6 cm³/mol. The standard InChI is InChI=1S/C10H13FN2O2/c1-6-3-9(11)13-5-7(6)4-8(12)10(14)15-2/h3,5,8H,4,12H2,1-2H3/t8-/m0/s1. The number of carbonyl (C=O) groups excluding carboxylic acids is 1. The summed E-state index contributed by atoms with van der Waals surface area (Å²) in [4.78, 5) is 14.6. The Morgan fingerprint density at radius 2 is 2.40 bits per heavy atom. The molecule has 1 aromatic heterocycles. The Kier molecular flexibility index (Phi) is 3.74. The van der Waals surface area contributed by atoms with Crippen LogP contribution >= 0.6 is 0 Å². The molecular formula is C10H13FN2O2. The van der Waals surface area contributed by atoms with E-state index in [9.17, 15) is 9.18 Å². The highest BCUT2D eigenvalue weighted by Gasteiger charge is 2.15. The van der Waals surface area contributed by atoms with Gasteiger partial charge in [0.1, 0.15) is 6.04 Å². The topological polar surface area (TPSA) is 65.2 Å². The fraction of sp³-hybridized carbons (Fsp3) is 0.400. The Morgan fingerprint density at radius 3 is 2.93 bits per heavy atom.